The van der Waals surface area contributed by atoms with Crippen LogP contribution in [0.4, 0.5) is 0 Å². The molecule has 0 bridgehead atoms. The van der Waals surface area contributed by atoms with E-state index in [-0.39, 0.29) is 23.1 Å². The van der Waals surface area contributed by atoms with Crippen molar-refractivity contribution in [2.24, 2.45) is 0 Å². The summed E-state index contributed by atoms with van der Waals surface area (Å²) in [4.78, 5) is 12.5. The molecule has 3 nitrogen and oxygen atoms in total. The molecule has 0 aromatic heterocycles. The molecule has 0 aliphatic heterocycles. The van der Waals surface area contributed by atoms with Crippen LogP contribution < -0.4 is 0 Å². The molecule has 1 N–H and O–H groups in total. The second-order valence-electron chi connectivity index (χ2n) is 0.583. The van der Waals surface area contributed by atoms with Gasteiger partial charge in [-0.05, 0) is 0 Å². The number of carbonyl (C=O) groups excluding carboxylic acids is 1. The van der Waals surface area contributed by atoms with Gasteiger partial charge in [-0.3, -0.25) is 0 Å². The van der Waals surface area contributed by atoms with Crippen molar-refractivity contribution < 1.29 is 14.9 Å². The van der Waals surface area contributed by atoms with E-state index in [9.17, 15) is 4.79 Å². The Morgan fingerprint density at radius 2 is 2.00 bits per heavy atom. The number of hydrogen-bond donors (Lipinski definition) is 1. The Morgan fingerprint density at radius 3 is 2.00 bits per heavy atom. The Bertz CT molecular complexity index is 44.1. The number of rotatable bonds is 0. The Hall–Kier alpha value is 0.196. The SMILES string of the molecule is CC(=O)OO.[MgH2]. The minimum absolute atomic E-state index is 0. The van der Waals surface area contributed by atoms with E-state index < -0.39 is 5.97 Å². The maximum absolute atomic E-state index is 9.34. The predicted molar refractivity (Wildman–Crippen MR) is 22.9 cm³/mol. The number of hydrogen-bond acceptors (Lipinski definition) is 3. The van der Waals surface area contributed by atoms with Crippen molar-refractivity contribution in [3.63, 3.8) is 0 Å². The molecule has 0 aliphatic rings. The molecule has 0 fully saturated rings. The zero-order valence-electron chi connectivity index (χ0n) is 2.76. The standard InChI is InChI=1S/C2H4O3.Mg.2H/c1-2(3)5-4;;;/h4H,1H3;;;. The van der Waals surface area contributed by atoms with Gasteiger partial charge in [0.1, 0.15) is 0 Å². The van der Waals surface area contributed by atoms with E-state index in [0.717, 1.165) is 6.92 Å². The summed E-state index contributed by atoms with van der Waals surface area (Å²) in [6, 6.07) is 0. The molecule has 0 spiro atoms. The summed E-state index contributed by atoms with van der Waals surface area (Å²) in [5, 5.41) is 7.29. The van der Waals surface area contributed by atoms with Crippen LogP contribution in [0.1, 0.15) is 6.92 Å². The van der Waals surface area contributed by atoms with Crippen LogP contribution >= 0.6 is 0 Å². The van der Waals surface area contributed by atoms with Crippen molar-refractivity contribution in [2.45, 2.75) is 6.92 Å². The van der Waals surface area contributed by atoms with E-state index in [2.05, 4.69) is 4.89 Å². The quantitative estimate of drug-likeness (QED) is 0.245. The van der Waals surface area contributed by atoms with Crippen LogP contribution in [0.15, 0.2) is 0 Å². The highest BCUT2D eigenvalue weighted by atomic mass is 24.3. The van der Waals surface area contributed by atoms with Crippen LogP contribution in [0.5, 0.6) is 0 Å². The zero-order chi connectivity index (χ0) is 4.28. The first-order valence-electron chi connectivity index (χ1n) is 1.09. The highest BCUT2D eigenvalue weighted by Crippen LogP contribution is 1.59. The van der Waals surface area contributed by atoms with Gasteiger partial charge >= 0.3 is 29.0 Å². The van der Waals surface area contributed by atoms with E-state index >= 15 is 0 Å². The lowest BCUT2D eigenvalue weighted by Gasteiger charge is -1.76. The molecule has 0 saturated carbocycles. The van der Waals surface area contributed by atoms with Gasteiger partial charge in [0.2, 0.25) is 0 Å². The highest BCUT2D eigenvalue weighted by Gasteiger charge is 1.79. The first-order chi connectivity index (χ1) is 2.27. The van der Waals surface area contributed by atoms with Gasteiger partial charge < -0.3 is 4.89 Å². The Balaban J connectivity index is 0. The molecular weight excluding hydrogens is 96.3 g/mol. The predicted octanol–water partition coefficient (Wildman–Crippen LogP) is -0.894. The van der Waals surface area contributed by atoms with Crippen LogP contribution in [-0.2, 0) is 9.68 Å². The summed E-state index contributed by atoms with van der Waals surface area (Å²) < 4.78 is 0. The third-order valence-electron chi connectivity index (χ3n) is 0.129. The fourth-order valence-electron chi connectivity index (χ4n) is 0. The smallest absolute Gasteiger partial charge is 0.301 e. The van der Waals surface area contributed by atoms with Gasteiger partial charge in [-0.25, -0.2) is 4.79 Å². The second kappa shape index (κ2) is 5.20. The van der Waals surface area contributed by atoms with Crippen LogP contribution in [0, 0.1) is 0 Å². The van der Waals surface area contributed by atoms with E-state index in [0.29, 0.717) is 0 Å². The molecule has 4 heteroatoms. The first kappa shape index (κ1) is 9.50. The third-order valence-corrected chi connectivity index (χ3v) is 0.129. The van der Waals surface area contributed by atoms with Gasteiger partial charge in [0.05, 0.1) is 0 Å². The third kappa shape index (κ3) is 8.89. The Labute approximate surface area is 51.4 Å². The van der Waals surface area contributed by atoms with Gasteiger partial charge in [0.25, 0.3) is 0 Å². The van der Waals surface area contributed by atoms with Crippen LogP contribution in [0.2, 0.25) is 0 Å². The monoisotopic (exact) mass is 102 g/mol. The van der Waals surface area contributed by atoms with Crippen molar-refractivity contribution in [1.82, 2.24) is 0 Å². The molecule has 0 amide bonds. The summed E-state index contributed by atoms with van der Waals surface area (Å²) >= 11 is 0. The molecule has 34 valence electrons. The fourth-order valence-corrected chi connectivity index (χ4v) is 0. The van der Waals surface area contributed by atoms with Crippen molar-refractivity contribution in [1.29, 1.82) is 0 Å². The van der Waals surface area contributed by atoms with Crippen LogP contribution in [0.25, 0.3) is 0 Å². The van der Waals surface area contributed by atoms with Crippen molar-refractivity contribution in [2.75, 3.05) is 0 Å². The van der Waals surface area contributed by atoms with Gasteiger partial charge in [0.15, 0.2) is 0 Å². The van der Waals surface area contributed by atoms with E-state index in [1.807, 2.05) is 0 Å². The molecule has 0 aromatic carbocycles. The van der Waals surface area contributed by atoms with Crippen LogP contribution in [-0.4, -0.2) is 34.3 Å². The second-order valence-corrected chi connectivity index (χ2v) is 0.583. The maximum Gasteiger partial charge on any atom is 0.339 e. The molecule has 0 unspecified atom stereocenters. The van der Waals surface area contributed by atoms with E-state index in [4.69, 9.17) is 5.26 Å². The molecule has 0 atom stereocenters. The summed E-state index contributed by atoms with van der Waals surface area (Å²) in [6.45, 7) is 1.11. The average molecular weight is 102 g/mol. The lowest BCUT2D eigenvalue weighted by atomic mass is 10.9. The lowest BCUT2D eigenvalue weighted by Crippen LogP contribution is -1.89. The minimum atomic E-state index is -0.690. The largest absolute Gasteiger partial charge is 0.339 e. The normalized spacial score (nSPS) is 5.67. The van der Waals surface area contributed by atoms with Crippen molar-refractivity contribution in [3.05, 3.63) is 0 Å². The molecular formula is C2H6MgO3. The molecule has 0 aliphatic carbocycles. The van der Waals surface area contributed by atoms with Crippen molar-refractivity contribution >= 4 is 29.0 Å². The number of carbonyl (C=O) groups is 1. The summed E-state index contributed by atoms with van der Waals surface area (Å²) in [5.41, 5.74) is 0. The topological polar surface area (TPSA) is 46.5 Å². The molecule has 0 radical (unpaired) electrons. The van der Waals surface area contributed by atoms with Crippen molar-refractivity contribution in [3.8, 4) is 0 Å². The van der Waals surface area contributed by atoms with Gasteiger partial charge in [-0.1, -0.05) is 0 Å². The lowest BCUT2D eigenvalue weighted by molar-refractivity contribution is -0.231. The van der Waals surface area contributed by atoms with Gasteiger partial charge in [-0.2, -0.15) is 5.26 Å². The molecule has 0 saturated heterocycles. The zero-order valence-corrected chi connectivity index (χ0v) is 2.76. The minimum Gasteiger partial charge on any atom is -0.301 e. The van der Waals surface area contributed by atoms with Crippen LogP contribution in [0.3, 0.4) is 0 Å². The van der Waals surface area contributed by atoms with Gasteiger partial charge in [-0.15, -0.1) is 0 Å². The maximum atomic E-state index is 9.34. The van der Waals surface area contributed by atoms with E-state index in [1.165, 1.54) is 0 Å². The molecule has 0 rings (SSSR count). The van der Waals surface area contributed by atoms with Gasteiger partial charge in [0, 0.05) is 6.92 Å². The molecule has 6 heavy (non-hydrogen) atoms. The first-order valence-corrected chi connectivity index (χ1v) is 1.09. The Kier molecular flexibility index (Phi) is 8.23. The Morgan fingerprint density at radius 1 is 1.83 bits per heavy atom. The summed E-state index contributed by atoms with van der Waals surface area (Å²) in [6.07, 6.45) is 0. The molecule has 0 aromatic rings. The average Bonchev–Trinajstić information content (AvgIpc) is 1.38. The summed E-state index contributed by atoms with van der Waals surface area (Å²) in [7, 11) is 0. The highest BCUT2D eigenvalue weighted by molar-refractivity contribution is 5.75. The summed E-state index contributed by atoms with van der Waals surface area (Å²) in [5.74, 6) is -0.690. The molecule has 0 heterocycles. The van der Waals surface area contributed by atoms with E-state index in [1.54, 1.807) is 0 Å². The fraction of sp³-hybridized carbons (Fsp3) is 0.500.